The minimum atomic E-state index is -0.995. The molecule has 0 aliphatic carbocycles. The molecule has 0 aliphatic rings. The van der Waals surface area contributed by atoms with Crippen molar-refractivity contribution in [2.45, 2.75) is 12.5 Å². The summed E-state index contributed by atoms with van der Waals surface area (Å²) in [6.45, 7) is 0. The molecule has 98 valence electrons. The third-order valence-electron chi connectivity index (χ3n) is 2.61. The summed E-state index contributed by atoms with van der Waals surface area (Å²) in [5.41, 5.74) is 6.47. The Hall–Kier alpha value is -2.34. The maximum Gasteiger partial charge on any atom is 0.305 e. The molecule has 0 spiro atoms. The summed E-state index contributed by atoms with van der Waals surface area (Å²) in [6.07, 6.45) is 2.63. The van der Waals surface area contributed by atoms with Crippen LogP contribution in [0.3, 0.4) is 0 Å². The summed E-state index contributed by atoms with van der Waals surface area (Å²) in [4.78, 5) is 18.6. The summed E-state index contributed by atoms with van der Waals surface area (Å²) in [7, 11) is 0. The van der Waals surface area contributed by atoms with Crippen LogP contribution >= 0.6 is 0 Å². The lowest BCUT2D eigenvalue weighted by Gasteiger charge is -2.09. The van der Waals surface area contributed by atoms with Gasteiger partial charge in [-0.25, -0.2) is 14.4 Å². The number of nitrogens with two attached hydrogens (primary N) is 1. The molecule has 2 aromatic rings. The zero-order valence-electron chi connectivity index (χ0n) is 9.95. The molecule has 1 aromatic heterocycles. The van der Waals surface area contributed by atoms with Gasteiger partial charge in [-0.05, 0) is 12.1 Å². The zero-order valence-corrected chi connectivity index (χ0v) is 9.95. The van der Waals surface area contributed by atoms with Crippen LogP contribution in [0.5, 0.6) is 0 Å². The highest BCUT2D eigenvalue weighted by atomic mass is 19.1. The normalized spacial score (nSPS) is 12.1. The van der Waals surface area contributed by atoms with Crippen molar-refractivity contribution < 1.29 is 14.3 Å². The fraction of sp³-hybridized carbons (Fsp3) is 0.154. The second kappa shape index (κ2) is 5.53. The number of aliphatic carboxylic acids is 1. The molecular formula is C13H12FN3O2. The standard InChI is InChI=1S/C13H12FN3O2/c14-10-4-2-1-3-9(10)13-16-6-8(7-17-13)11(15)5-12(18)19/h1-4,6-7,11H,5,15H2,(H,18,19)/t11-/m0/s1. The molecule has 19 heavy (non-hydrogen) atoms. The summed E-state index contributed by atoms with van der Waals surface area (Å²) in [6, 6.07) is 5.48. The van der Waals surface area contributed by atoms with Crippen LogP contribution < -0.4 is 5.73 Å². The van der Waals surface area contributed by atoms with E-state index in [-0.39, 0.29) is 12.2 Å². The molecule has 3 N–H and O–H groups in total. The predicted molar refractivity (Wildman–Crippen MR) is 66.6 cm³/mol. The van der Waals surface area contributed by atoms with Crippen LogP contribution in [-0.2, 0) is 4.79 Å². The van der Waals surface area contributed by atoms with Crippen LogP contribution in [0.15, 0.2) is 36.7 Å². The number of hydrogen-bond acceptors (Lipinski definition) is 4. The first kappa shape index (κ1) is 13.1. The zero-order chi connectivity index (χ0) is 13.8. The molecule has 1 heterocycles. The number of hydrogen-bond donors (Lipinski definition) is 2. The molecule has 5 nitrogen and oxygen atoms in total. The van der Waals surface area contributed by atoms with Crippen LogP contribution in [-0.4, -0.2) is 21.0 Å². The Kier molecular flexibility index (Phi) is 3.82. The number of rotatable bonds is 4. The summed E-state index contributed by atoms with van der Waals surface area (Å²) in [5, 5.41) is 8.64. The number of aromatic nitrogens is 2. The molecule has 0 aliphatic heterocycles. The molecule has 0 saturated carbocycles. The van der Waals surface area contributed by atoms with E-state index in [0.29, 0.717) is 11.1 Å². The molecule has 6 heteroatoms. The van der Waals surface area contributed by atoms with Crippen molar-refractivity contribution in [1.29, 1.82) is 0 Å². The number of carbonyl (C=O) groups is 1. The SMILES string of the molecule is N[C@@H](CC(=O)O)c1cnc(-c2ccccc2F)nc1. The largest absolute Gasteiger partial charge is 0.481 e. The van der Waals surface area contributed by atoms with Crippen molar-refractivity contribution in [3.8, 4) is 11.4 Å². The Morgan fingerprint density at radius 2 is 1.95 bits per heavy atom. The van der Waals surface area contributed by atoms with E-state index in [2.05, 4.69) is 9.97 Å². The maximum atomic E-state index is 13.5. The minimum absolute atomic E-state index is 0.206. The fourth-order valence-electron chi connectivity index (χ4n) is 1.62. The van der Waals surface area contributed by atoms with E-state index in [1.54, 1.807) is 18.2 Å². The Labute approximate surface area is 108 Å². The van der Waals surface area contributed by atoms with Crippen molar-refractivity contribution >= 4 is 5.97 Å². The molecule has 0 radical (unpaired) electrons. The van der Waals surface area contributed by atoms with E-state index in [4.69, 9.17) is 10.8 Å². The van der Waals surface area contributed by atoms with Gasteiger partial charge in [-0.2, -0.15) is 0 Å². The van der Waals surface area contributed by atoms with Crippen molar-refractivity contribution in [3.63, 3.8) is 0 Å². The van der Waals surface area contributed by atoms with Crippen LogP contribution in [0.1, 0.15) is 18.0 Å². The molecule has 1 aromatic carbocycles. The van der Waals surface area contributed by atoms with Gasteiger partial charge >= 0.3 is 5.97 Å². The van der Waals surface area contributed by atoms with Crippen molar-refractivity contribution in [1.82, 2.24) is 9.97 Å². The van der Waals surface area contributed by atoms with Gasteiger partial charge in [0, 0.05) is 24.0 Å². The van der Waals surface area contributed by atoms with Crippen molar-refractivity contribution in [3.05, 3.63) is 48.0 Å². The van der Waals surface area contributed by atoms with Gasteiger partial charge in [0.05, 0.1) is 12.0 Å². The monoisotopic (exact) mass is 261 g/mol. The highest BCUT2D eigenvalue weighted by Crippen LogP contribution is 2.19. The van der Waals surface area contributed by atoms with Gasteiger partial charge in [0.2, 0.25) is 0 Å². The molecule has 0 fully saturated rings. The lowest BCUT2D eigenvalue weighted by atomic mass is 10.1. The summed E-state index contributed by atoms with van der Waals surface area (Å²) < 4.78 is 13.5. The van der Waals surface area contributed by atoms with Gasteiger partial charge in [-0.3, -0.25) is 4.79 Å². The van der Waals surface area contributed by atoms with Gasteiger partial charge in [0.25, 0.3) is 0 Å². The lowest BCUT2D eigenvalue weighted by Crippen LogP contribution is -2.15. The second-order valence-electron chi connectivity index (χ2n) is 4.02. The van der Waals surface area contributed by atoms with Crippen LogP contribution in [0.25, 0.3) is 11.4 Å². The van der Waals surface area contributed by atoms with Crippen molar-refractivity contribution in [2.75, 3.05) is 0 Å². The molecule has 0 unspecified atom stereocenters. The molecule has 0 amide bonds. The van der Waals surface area contributed by atoms with Gasteiger partial charge in [-0.15, -0.1) is 0 Å². The maximum absolute atomic E-state index is 13.5. The number of halogens is 1. The Balaban J connectivity index is 2.24. The van der Waals surface area contributed by atoms with E-state index >= 15 is 0 Å². The first-order valence-electron chi connectivity index (χ1n) is 5.62. The molecule has 1 atom stereocenters. The van der Waals surface area contributed by atoms with Gasteiger partial charge in [0.1, 0.15) is 5.82 Å². The van der Waals surface area contributed by atoms with Gasteiger partial charge < -0.3 is 10.8 Å². The third kappa shape index (κ3) is 3.11. The van der Waals surface area contributed by atoms with E-state index in [1.165, 1.54) is 18.5 Å². The predicted octanol–water partition coefficient (Wildman–Crippen LogP) is 1.76. The molecule has 0 bridgehead atoms. The Morgan fingerprint density at radius 1 is 1.32 bits per heavy atom. The first-order chi connectivity index (χ1) is 9.08. The number of carboxylic acid groups (broad SMARTS) is 1. The average Bonchev–Trinajstić information content (AvgIpc) is 2.39. The number of benzene rings is 1. The number of nitrogens with zero attached hydrogens (tertiary/aromatic N) is 2. The highest BCUT2D eigenvalue weighted by molar-refractivity contribution is 5.67. The topological polar surface area (TPSA) is 89.1 Å². The minimum Gasteiger partial charge on any atom is -0.481 e. The average molecular weight is 261 g/mol. The van der Waals surface area contributed by atoms with Crippen molar-refractivity contribution in [2.24, 2.45) is 5.73 Å². The Bertz CT molecular complexity index is 587. The van der Waals surface area contributed by atoms with Crippen LogP contribution in [0.4, 0.5) is 4.39 Å². The lowest BCUT2D eigenvalue weighted by molar-refractivity contribution is -0.137. The smallest absolute Gasteiger partial charge is 0.305 e. The molecule has 2 rings (SSSR count). The van der Waals surface area contributed by atoms with E-state index in [0.717, 1.165) is 0 Å². The number of carboxylic acids is 1. The quantitative estimate of drug-likeness (QED) is 0.875. The van der Waals surface area contributed by atoms with E-state index < -0.39 is 17.8 Å². The van der Waals surface area contributed by atoms with Gasteiger partial charge in [0.15, 0.2) is 5.82 Å². The Morgan fingerprint density at radius 3 is 2.53 bits per heavy atom. The van der Waals surface area contributed by atoms with Crippen LogP contribution in [0.2, 0.25) is 0 Å². The molecule has 0 saturated heterocycles. The summed E-state index contributed by atoms with van der Waals surface area (Å²) >= 11 is 0. The molecular weight excluding hydrogens is 249 g/mol. The third-order valence-corrected chi connectivity index (χ3v) is 2.61. The first-order valence-corrected chi connectivity index (χ1v) is 5.62. The highest BCUT2D eigenvalue weighted by Gasteiger charge is 2.13. The van der Waals surface area contributed by atoms with Crippen LogP contribution in [0, 0.1) is 5.82 Å². The fourth-order valence-corrected chi connectivity index (χ4v) is 1.62. The van der Waals surface area contributed by atoms with E-state index in [9.17, 15) is 9.18 Å². The van der Waals surface area contributed by atoms with Gasteiger partial charge in [-0.1, -0.05) is 12.1 Å². The van der Waals surface area contributed by atoms with E-state index in [1.807, 2.05) is 0 Å². The second-order valence-corrected chi connectivity index (χ2v) is 4.02. The summed E-state index contributed by atoms with van der Waals surface area (Å²) in [5.74, 6) is -1.17.